The maximum Gasteiger partial charge on any atom is 0.222 e. The van der Waals surface area contributed by atoms with E-state index >= 15 is 0 Å². The zero-order chi connectivity index (χ0) is 27.4. The molecule has 3 unspecified atom stereocenters. The molecule has 0 fully saturated rings. The lowest BCUT2D eigenvalue weighted by atomic mass is 10.0. The molecule has 0 aliphatic carbocycles. The highest BCUT2D eigenvalue weighted by atomic mass is 16.3. The van der Waals surface area contributed by atoms with Crippen LogP contribution in [0.2, 0.25) is 0 Å². The molecule has 0 saturated heterocycles. The molecule has 0 aromatic rings. The van der Waals surface area contributed by atoms with Gasteiger partial charge in [0.2, 0.25) is 5.91 Å². The van der Waals surface area contributed by atoms with Crippen LogP contribution in [0.3, 0.4) is 0 Å². The minimum absolute atomic E-state index is 0.00795. The van der Waals surface area contributed by atoms with Gasteiger partial charge in [-0.05, 0) is 44.9 Å². The monoisotopic (exact) mass is 523 g/mol. The summed E-state index contributed by atoms with van der Waals surface area (Å²) in [5.41, 5.74) is 0. The number of allylic oxidation sites excluding steroid dienone is 3. The fourth-order valence-corrected chi connectivity index (χ4v) is 4.51. The SMILES string of the molecule is CCCCCC/C=C\CCCCCCCC(O)CC(=O)NC(CO)C(O)/C=C/CCCCCCCCC. The number of rotatable bonds is 27. The number of nitrogens with one attached hydrogen (secondary N) is 1. The van der Waals surface area contributed by atoms with Gasteiger partial charge in [0, 0.05) is 0 Å². The van der Waals surface area contributed by atoms with Gasteiger partial charge in [-0.15, -0.1) is 0 Å². The van der Waals surface area contributed by atoms with Crippen LogP contribution in [0.4, 0.5) is 0 Å². The zero-order valence-electron chi connectivity index (χ0n) is 24.3. The number of carbonyl (C=O) groups excluding carboxylic acids is 1. The van der Waals surface area contributed by atoms with Gasteiger partial charge >= 0.3 is 0 Å². The number of hydrogen-bond acceptors (Lipinski definition) is 4. The second kappa shape index (κ2) is 27.9. The van der Waals surface area contributed by atoms with Gasteiger partial charge in [-0.3, -0.25) is 4.79 Å². The fourth-order valence-electron chi connectivity index (χ4n) is 4.51. The van der Waals surface area contributed by atoms with Crippen LogP contribution >= 0.6 is 0 Å². The minimum Gasteiger partial charge on any atom is -0.394 e. The lowest BCUT2D eigenvalue weighted by Gasteiger charge is -2.21. The van der Waals surface area contributed by atoms with Crippen LogP contribution in [-0.4, -0.2) is 46.1 Å². The predicted octanol–water partition coefficient (Wildman–Crippen LogP) is 7.53. The lowest BCUT2D eigenvalue weighted by molar-refractivity contribution is -0.124. The van der Waals surface area contributed by atoms with Crippen molar-refractivity contribution >= 4 is 5.91 Å². The van der Waals surface area contributed by atoms with Gasteiger partial charge in [0.25, 0.3) is 0 Å². The summed E-state index contributed by atoms with van der Waals surface area (Å²) in [5, 5.41) is 32.8. The van der Waals surface area contributed by atoms with Crippen molar-refractivity contribution < 1.29 is 20.1 Å². The Bertz CT molecular complexity index is 549. The summed E-state index contributed by atoms with van der Waals surface area (Å²) in [6, 6.07) is -0.740. The van der Waals surface area contributed by atoms with Crippen LogP contribution in [0.15, 0.2) is 24.3 Å². The highest BCUT2D eigenvalue weighted by Crippen LogP contribution is 2.12. The van der Waals surface area contributed by atoms with Gasteiger partial charge in [-0.1, -0.05) is 122 Å². The Hall–Kier alpha value is -1.17. The summed E-state index contributed by atoms with van der Waals surface area (Å²) >= 11 is 0. The van der Waals surface area contributed by atoms with E-state index in [1.807, 2.05) is 6.08 Å². The standard InChI is InChI=1S/C32H61NO4/c1-3-5-7-9-11-13-14-15-16-18-19-21-23-25-29(35)27-32(37)33-30(28-34)31(36)26-24-22-20-17-12-10-8-6-4-2/h13-14,24,26,29-31,34-36H,3-12,15-23,25,27-28H2,1-2H3,(H,33,37)/b14-13-,26-24+. The summed E-state index contributed by atoms with van der Waals surface area (Å²) in [6.07, 6.45) is 30.1. The van der Waals surface area contributed by atoms with E-state index in [9.17, 15) is 20.1 Å². The van der Waals surface area contributed by atoms with E-state index in [2.05, 4.69) is 31.3 Å². The second-order valence-electron chi connectivity index (χ2n) is 10.7. The quantitative estimate of drug-likeness (QED) is 0.0661. The largest absolute Gasteiger partial charge is 0.394 e. The van der Waals surface area contributed by atoms with Crippen molar-refractivity contribution in [3.05, 3.63) is 24.3 Å². The molecule has 0 bridgehead atoms. The molecular weight excluding hydrogens is 462 g/mol. The van der Waals surface area contributed by atoms with Crippen LogP contribution in [0.5, 0.6) is 0 Å². The van der Waals surface area contributed by atoms with Crippen LogP contribution in [0, 0.1) is 0 Å². The number of unbranched alkanes of at least 4 members (excludes halogenated alkanes) is 16. The minimum atomic E-state index is -0.924. The Morgan fingerprint density at radius 3 is 1.68 bits per heavy atom. The maximum absolute atomic E-state index is 12.3. The molecule has 1 amide bonds. The van der Waals surface area contributed by atoms with Crippen molar-refractivity contribution in [2.45, 2.75) is 167 Å². The molecule has 0 heterocycles. The van der Waals surface area contributed by atoms with Crippen LogP contribution in [0.25, 0.3) is 0 Å². The Labute approximate surface area is 229 Å². The molecule has 218 valence electrons. The van der Waals surface area contributed by atoms with Crippen molar-refractivity contribution in [2.24, 2.45) is 0 Å². The predicted molar refractivity (Wildman–Crippen MR) is 158 cm³/mol. The van der Waals surface area contributed by atoms with Crippen molar-refractivity contribution in [3.63, 3.8) is 0 Å². The number of carbonyl (C=O) groups is 1. The molecule has 0 aliphatic rings. The van der Waals surface area contributed by atoms with E-state index in [-0.39, 0.29) is 18.9 Å². The third kappa shape index (κ3) is 24.9. The molecule has 0 aliphatic heterocycles. The molecule has 0 spiro atoms. The van der Waals surface area contributed by atoms with Gasteiger partial charge in [-0.25, -0.2) is 0 Å². The first-order valence-electron chi connectivity index (χ1n) is 15.6. The van der Waals surface area contributed by atoms with E-state index in [0.717, 1.165) is 38.5 Å². The third-order valence-corrected chi connectivity index (χ3v) is 6.98. The Balaban J connectivity index is 3.81. The molecule has 4 N–H and O–H groups in total. The van der Waals surface area contributed by atoms with Gasteiger partial charge in [0.1, 0.15) is 0 Å². The lowest BCUT2D eigenvalue weighted by Crippen LogP contribution is -2.45. The summed E-state index contributed by atoms with van der Waals surface area (Å²) in [4.78, 5) is 12.3. The molecule has 0 aromatic heterocycles. The molecule has 37 heavy (non-hydrogen) atoms. The van der Waals surface area contributed by atoms with Crippen LogP contribution in [0.1, 0.15) is 149 Å². The highest BCUT2D eigenvalue weighted by Gasteiger charge is 2.20. The van der Waals surface area contributed by atoms with Gasteiger partial charge in [-0.2, -0.15) is 0 Å². The summed E-state index contributed by atoms with van der Waals surface area (Å²) < 4.78 is 0. The van der Waals surface area contributed by atoms with Crippen molar-refractivity contribution in [1.82, 2.24) is 5.32 Å². The molecule has 5 heteroatoms. The Morgan fingerprint density at radius 2 is 1.14 bits per heavy atom. The average Bonchev–Trinajstić information content (AvgIpc) is 2.88. The molecular formula is C32H61NO4. The van der Waals surface area contributed by atoms with Gasteiger partial charge in [0.15, 0.2) is 0 Å². The topological polar surface area (TPSA) is 89.8 Å². The molecule has 0 rings (SSSR count). The first-order valence-corrected chi connectivity index (χ1v) is 15.6. The maximum atomic E-state index is 12.3. The van der Waals surface area contributed by atoms with Crippen LogP contribution in [-0.2, 0) is 4.79 Å². The summed E-state index contributed by atoms with van der Waals surface area (Å²) in [5.74, 6) is -0.326. The van der Waals surface area contributed by atoms with E-state index in [0.29, 0.717) is 6.42 Å². The highest BCUT2D eigenvalue weighted by molar-refractivity contribution is 5.76. The van der Waals surface area contributed by atoms with E-state index in [1.165, 1.54) is 83.5 Å². The average molecular weight is 524 g/mol. The van der Waals surface area contributed by atoms with E-state index in [1.54, 1.807) is 6.08 Å². The number of aliphatic hydroxyl groups excluding tert-OH is 3. The van der Waals surface area contributed by atoms with Crippen molar-refractivity contribution in [3.8, 4) is 0 Å². The normalized spacial score (nSPS) is 14.4. The second-order valence-corrected chi connectivity index (χ2v) is 10.7. The van der Waals surface area contributed by atoms with E-state index in [4.69, 9.17) is 0 Å². The molecule has 3 atom stereocenters. The van der Waals surface area contributed by atoms with Gasteiger partial charge in [0.05, 0.1) is 31.3 Å². The van der Waals surface area contributed by atoms with Crippen molar-refractivity contribution in [2.75, 3.05) is 6.61 Å². The number of hydrogen-bond donors (Lipinski definition) is 4. The Kier molecular flexibility index (Phi) is 27.0. The number of aliphatic hydroxyl groups is 3. The van der Waals surface area contributed by atoms with Gasteiger partial charge < -0.3 is 20.6 Å². The zero-order valence-corrected chi connectivity index (χ0v) is 24.3. The first-order chi connectivity index (χ1) is 18.0. The third-order valence-electron chi connectivity index (χ3n) is 6.98. The Morgan fingerprint density at radius 1 is 0.676 bits per heavy atom. The molecule has 0 aromatic carbocycles. The summed E-state index contributed by atoms with van der Waals surface area (Å²) in [6.45, 7) is 4.13. The number of amides is 1. The first kappa shape index (κ1) is 35.8. The molecule has 0 radical (unpaired) electrons. The molecule has 5 nitrogen and oxygen atoms in total. The molecule has 0 saturated carbocycles. The smallest absolute Gasteiger partial charge is 0.222 e. The fraction of sp³-hybridized carbons (Fsp3) is 0.844. The van der Waals surface area contributed by atoms with Crippen LogP contribution < -0.4 is 5.32 Å². The summed E-state index contributed by atoms with van der Waals surface area (Å²) in [7, 11) is 0. The van der Waals surface area contributed by atoms with E-state index < -0.39 is 18.2 Å². The van der Waals surface area contributed by atoms with Crippen molar-refractivity contribution in [1.29, 1.82) is 0 Å².